The first-order valence-corrected chi connectivity index (χ1v) is 8.43. The molecule has 128 valence electrons. The van der Waals surface area contributed by atoms with Gasteiger partial charge in [0.2, 0.25) is 0 Å². The summed E-state index contributed by atoms with van der Waals surface area (Å²) in [6, 6.07) is 8.77. The third-order valence-corrected chi connectivity index (χ3v) is 4.53. The van der Waals surface area contributed by atoms with Crippen molar-refractivity contribution in [2.75, 3.05) is 6.54 Å². The van der Waals surface area contributed by atoms with Gasteiger partial charge >= 0.3 is 0 Å². The van der Waals surface area contributed by atoms with E-state index in [0.717, 1.165) is 29.9 Å². The summed E-state index contributed by atoms with van der Waals surface area (Å²) in [4.78, 5) is 31.0. The maximum absolute atomic E-state index is 12.2. The molecule has 3 aromatic heterocycles. The first kappa shape index (κ1) is 15.7. The minimum Gasteiger partial charge on any atom is -0.293 e. The van der Waals surface area contributed by atoms with Gasteiger partial charge in [0.15, 0.2) is 0 Å². The van der Waals surface area contributed by atoms with E-state index < -0.39 is 0 Å². The molecule has 0 unspecified atom stereocenters. The van der Waals surface area contributed by atoms with E-state index in [1.807, 2.05) is 25.1 Å². The molecule has 4 rings (SSSR count). The molecule has 0 N–H and O–H groups in total. The lowest BCUT2D eigenvalue weighted by Gasteiger charge is -2.27. The van der Waals surface area contributed by atoms with Crippen molar-refractivity contribution in [1.82, 2.24) is 24.1 Å². The number of pyridine rings is 1. The molecule has 0 fully saturated rings. The second-order valence-electron chi connectivity index (χ2n) is 6.25. The van der Waals surface area contributed by atoms with Crippen LogP contribution in [0.3, 0.4) is 0 Å². The summed E-state index contributed by atoms with van der Waals surface area (Å²) in [5, 5.41) is 4.44. The summed E-state index contributed by atoms with van der Waals surface area (Å²) >= 11 is 0. The minimum atomic E-state index is -0.0782. The summed E-state index contributed by atoms with van der Waals surface area (Å²) in [7, 11) is 0. The second-order valence-corrected chi connectivity index (χ2v) is 6.25. The quantitative estimate of drug-likeness (QED) is 0.708. The molecule has 25 heavy (non-hydrogen) atoms. The van der Waals surface area contributed by atoms with Crippen LogP contribution in [0.4, 0.5) is 0 Å². The molecule has 0 saturated carbocycles. The van der Waals surface area contributed by atoms with Gasteiger partial charge in [0, 0.05) is 50.9 Å². The van der Waals surface area contributed by atoms with E-state index in [0.29, 0.717) is 25.3 Å². The van der Waals surface area contributed by atoms with E-state index in [-0.39, 0.29) is 11.1 Å². The zero-order valence-corrected chi connectivity index (χ0v) is 14.1. The number of aryl methyl sites for hydroxylation is 1. The predicted octanol–water partition coefficient (Wildman–Crippen LogP) is 0.829. The number of nitrogens with zero attached hydrogens (tertiary/aromatic N) is 5. The fraction of sp³-hybridized carbons (Fsp3) is 0.333. The highest BCUT2D eigenvalue weighted by molar-refractivity contribution is 5.38. The average Bonchev–Trinajstić information content (AvgIpc) is 2.61. The molecule has 0 saturated heterocycles. The SMILES string of the molecule is CCn1nc2c(cc1=O)CN(Cc1cc(=O)n3ccccc3n1)CC2. The standard InChI is InChI=1S/C18H19N5O2/c1-2-23-18(25)9-13-11-21(8-6-15(13)20-23)12-14-10-17(24)22-7-4-3-5-16(22)19-14/h3-5,7,9-10H,2,6,8,11-12H2,1H3. The molecule has 1 aliphatic rings. The van der Waals surface area contributed by atoms with Crippen LogP contribution in [0.5, 0.6) is 0 Å². The van der Waals surface area contributed by atoms with E-state index in [1.165, 1.54) is 9.08 Å². The van der Waals surface area contributed by atoms with Crippen molar-refractivity contribution in [1.29, 1.82) is 0 Å². The lowest BCUT2D eigenvalue weighted by molar-refractivity contribution is 0.238. The van der Waals surface area contributed by atoms with Crippen molar-refractivity contribution >= 4 is 5.65 Å². The topological polar surface area (TPSA) is 72.5 Å². The van der Waals surface area contributed by atoms with Crippen molar-refractivity contribution in [3.63, 3.8) is 0 Å². The van der Waals surface area contributed by atoms with Gasteiger partial charge in [0.1, 0.15) is 5.65 Å². The van der Waals surface area contributed by atoms with Gasteiger partial charge in [-0.1, -0.05) is 6.07 Å². The molecule has 0 spiro atoms. The van der Waals surface area contributed by atoms with Crippen molar-refractivity contribution in [3.05, 3.63) is 74.2 Å². The van der Waals surface area contributed by atoms with Gasteiger partial charge < -0.3 is 0 Å². The highest BCUT2D eigenvalue weighted by Crippen LogP contribution is 2.17. The van der Waals surface area contributed by atoms with Crippen LogP contribution in [0.2, 0.25) is 0 Å². The molecular formula is C18H19N5O2. The Hall–Kier alpha value is -2.80. The Labute approximate surface area is 144 Å². The van der Waals surface area contributed by atoms with Crippen molar-refractivity contribution in [2.45, 2.75) is 33.0 Å². The molecule has 0 aliphatic carbocycles. The van der Waals surface area contributed by atoms with E-state index >= 15 is 0 Å². The van der Waals surface area contributed by atoms with Crippen molar-refractivity contribution in [3.8, 4) is 0 Å². The Morgan fingerprint density at radius 1 is 1.16 bits per heavy atom. The number of aromatic nitrogens is 4. The van der Waals surface area contributed by atoms with Gasteiger partial charge in [0.25, 0.3) is 11.1 Å². The van der Waals surface area contributed by atoms with Crippen LogP contribution in [0, 0.1) is 0 Å². The van der Waals surface area contributed by atoms with Gasteiger partial charge in [0.05, 0.1) is 11.4 Å². The van der Waals surface area contributed by atoms with Gasteiger partial charge in [-0.3, -0.25) is 18.9 Å². The molecule has 3 aromatic rings. The summed E-state index contributed by atoms with van der Waals surface area (Å²) in [6.45, 7) is 4.56. The Morgan fingerprint density at radius 3 is 2.88 bits per heavy atom. The molecule has 4 heterocycles. The molecular weight excluding hydrogens is 318 g/mol. The maximum Gasteiger partial charge on any atom is 0.267 e. The Kier molecular flexibility index (Phi) is 3.93. The van der Waals surface area contributed by atoms with Crippen molar-refractivity contribution < 1.29 is 0 Å². The van der Waals surface area contributed by atoms with E-state index in [1.54, 1.807) is 18.3 Å². The van der Waals surface area contributed by atoms with Gasteiger partial charge in [-0.2, -0.15) is 5.10 Å². The Morgan fingerprint density at radius 2 is 2.04 bits per heavy atom. The maximum atomic E-state index is 12.2. The number of fused-ring (bicyclic) bond motifs is 2. The fourth-order valence-electron chi connectivity index (χ4n) is 3.27. The minimum absolute atomic E-state index is 0.0647. The fourth-order valence-corrected chi connectivity index (χ4v) is 3.27. The molecule has 7 nitrogen and oxygen atoms in total. The summed E-state index contributed by atoms with van der Waals surface area (Å²) in [6.07, 6.45) is 2.51. The van der Waals surface area contributed by atoms with Crippen molar-refractivity contribution in [2.24, 2.45) is 0 Å². The molecule has 0 radical (unpaired) electrons. The van der Waals surface area contributed by atoms with Gasteiger partial charge in [-0.25, -0.2) is 9.67 Å². The monoisotopic (exact) mass is 337 g/mol. The molecule has 0 amide bonds. The zero-order valence-electron chi connectivity index (χ0n) is 14.1. The van der Waals surface area contributed by atoms with Crippen LogP contribution in [-0.2, 0) is 26.1 Å². The molecule has 0 bridgehead atoms. The highest BCUT2D eigenvalue weighted by Gasteiger charge is 2.19. The molecule has 7 heteroatoms. The smallest absolute Gasteiger partial charge is 0.267 e. The predicted molar refractivity (Wildman–Crippen MR) is 93.5 cm³/mol. The highest BCUT2D eigenvalue weighted by atomic mass is 16.1. The number of hydrogen-bond acceptors (Lipinski definition) is 5. The second kappa shape index (κ2) is 6.25. The van der Waals surface area contributed by atoms with Crippen LogP contribution in [0.15, 0.2) is 46.1 Å². The van der Waals surface area contributed by atoms with Crippen LogP contribution in [-0.4, -0.2) is 30.6 Å². The van der Waals surface area contributed by atoms with Crippen LogP contribution >= 0.6 is 0 Å². The first-order chi connectivity index (χ1) is 12.1. The zero-order chi connectivity index (χ0) is 17.4. The normalized spacial score (nSPS) is 14.6. The third kappa shape index (κ3) is 2.98. The van der Waals surface area contributed by atoms with Crippen LogP contribution in [0.1, 0.15) is 23.9 Å². The van der Waals surface area contributed by atoms with E-state index in [4.69, 9.17) is 0 Å². The van der Waals surface area contributed by atoms with Crippen LogP contribution < -0.4 is 11.1 Å². The van der Waals surface area contributed by atoms with Crippen LogP contribution in [0.25, 0.3) is 5.65 Å². The average molecular weight is 337 g/mol. The molecule has 0 atom stereocenters. The van der Waals surface area contributed by atoms with Gasteiger partial charge in [-0.15, -0.1) is 0 Å². The van der Waals surface area contributed by atoms with E-state index in [2.05, 4.69) is 15.0 Å². The van der Waals surface area contributed by atoms with E-state index in [9.17, 15) is 9.59 Å². The first-order valence-electron chi connectivity index (χ1n) is 8.43. The number of rotatable bonds is 3. The largest absolute Gasteiger partial charge is 0.293 e. The summed E-state index contributed by atoms with van der Waals surface area (Å²) in [5.41, 5.74) is 3.21. The van der Waals surface area contributed by atoms with Gasteiger partial charge in [-0.05, 0) is 24.6 Å². The third-order valence-electron chi connectivity index (χ3n) is 4.53. The summed E-state index contributed by atoms with van der Waals surface area (Å²) < 4.78 is 3.03. The molecule has 0 aromatic carbocycles. The summed E-state index contributed by atoms with van der Waals surface area (Å²) in [5.74, 6) is 0. The Balaban J connectivity index is 1.60. The lowest BCUT2D eigenvalue weighted by Crippen LogP contribution is -2.35. The number of hydrogen-bond donors (Lipinski definition) is 0. The Bertz CT molecular complexity index is 1050. The molecule has 1 aliphatic heterocycles. The lowest BCUT2D eigenvalue weighted by atomic mass is 10.1.